The molecule has 1 fully saturated rings. The number of amidine groups is 1. The minimum absolute atomic E-state index is 0.330. The molecule has 0 aliphatic carbocycles. The van der Waals surface area contributed by atoms with Gasteiger partial charge in [-0.1, -0.05) is 0 Å². The van der Waals surface area contributed by atoms with Crippen LogP contribution in [0.3, 0.4) is 0 Å². The number of hydrogen-bond acceptors (Lipinski definition) is 5. The Hall–Kier alpha value is -1.02. The molecule has 0 amide bonds. The van der Waals surface area contributed by atoms with Crippen LogP contribution in [-0.2, 0) is 4.74 Å². The lowest BCUT2D eigenvalue weighted by molar-refractivity contribution is -0.765. The monoisotopic (exact) mass is 271 g/mol. The summed E-state index contributed by atoms with van der Waals surface area (Å²) in [6, 6.07) is 0. The molecule has 17 heavy (non-hydrogen) atoms. The zero-order valence-corrected chi connectivity index (χ0v) is 11.4. The van der Waals surface area contributed by atoms with Gasteiger partial charge in [-0.15, -0.1) is 5.43 Å². The first-order chi connectivity index (χ1) is 8.19. The van der Waals surface area contributed by atoms with Gasteiger partial charge in [0.25, 0.3) is 11.9 Å². The molecule has 0 aromatic heterocycles. The second-order valence-electron chi connectivity index (χ2n) is 3.64. The van der Waals surface area contributed by atoms with Crippen molar-refractivity contribution in [1.29, 1.82) is 0 Å². The first kappa shape index (κ1) is 11.1. The van der Waals surface area contributed by atoms with Gasteiger partial charge in [-0.05, 0) is 11.6 Å². The summed E-state index contributed by atoms with van der Waals surface area (Å²) in [6.07, 6.45) is 2.03. The topological polar surface area (TPSA) is 52.0 Å². The standard InChI is InChI=1S/C9H12N5OS2/c1-4-15-8-12-14-6(2)5-13-9(14,17-8)16-7(10-3)11-13/h5H,4H2,1-3H3/q+1/p+1. The summed E-state index contributed by atoms with van der Waals surface area (Å²) in [4.78, 5) is 4.19. The van der Waals surface area contributed by atoms with Gasteiger partial charge in [-0.25, -0.2) is 0 Å². The SMILES string of the molecule is CCOC1=N[N+]2=C(C)C=[N+]3NC(=NC)SC32S1. The molecule has 1 atom stereocenters. The van der Waals surface area contributed by atoms with E-state index in [1.807, 2.05) is 29.4 Å². The molecular formula is C9H13N5OS2+2. The van der Waals surface area contributed by atoms with E-state index in [1.165, 1.54) is 0 Å². The fourth-order valence-corrected chi connectivity index (χ4v) is 4.41. The summed E-state index contributed by atoms with van der Waals surface area (Å²) in [6.45, 7) is 4.62. The molecule has 0 aromatic rings. The van der Waals surface area contributed by atoms with Crippen molar-refractivity contribution in [1.82, 2.24) is 5.43 Å². The van der Waals surface area contributed by atoms with Gasteiger partial charge in [-0.2, -0.15) is 0 Å². The number of aliphatic imine (C=N–C) groups is 1. The van der Waals surface area contributed by atoms with Crippen molar-refractivity contribution in [2.24, 2.45) is 10.1 Å². The minimum atomic E-state index is -0.330. The average molecular weight is 271 g/mol. The highest BCUT2D eigenvalue weighted by Gasteiger charge is 2.72. The molecule has 0 bridgehead atoms. The van der Waals surface area contributed by atoms with E-state index in [9.17, 15) is 0 Å². The van der Waals surface area contributed by atoms with Crippen LogP contribution in [0.5, 0.6) is 0 Å². The Kier molecular flexibility index (Phi) is 2.44. The van der Waals surface area contributed by atoms with Gasteiger partial charge in [0, 0.05) is 18.7 Å². The number of nitrogens with zero attached hydrogens (tertiary/aromatic N) is 4. The van der Waals surface area contributed by atoms with Crippen molar-refractivity contribution in [3.05, 3.63) is 0 Å². The van der Waals surface area contributed by atoms with Crippen molar-refractivity contribution < 1.29 is 14.1 Å². The highest BCUT2D eigenvalue weighted by atomic mass is 32.2. The highest BCUT2D eigenvalue weighted by molar-refractivity contribution is 8.30. The van der Waals surface area contributed by atoms with E-state index >= 15 is 0 Å². The summed E-state index contributed by atoms with van der Waals surface area (Å²) in [5.41, 5.74) is 4.32. The van der Waals surface area contributed by atoms with Gasteiger partial charge in [0.05, 0.1) is 23.5 Å². The third-order valence-corrected chi connectivity index (χ3v) is 5.15. The van der Waals surface area contributed by atoms with Crippen molar-refractivity contribution >= 4 is 45.8 Å². The Balaban J connectivity index is 1.99. The number of thioether (sulfide) groups is 2. The Bertz CT molecular complexity index is 510. The third-order valence-electron chi connectivity index (χ3n) is 2.54. The normalized spacial score (nSPS) is 32.3. The van der Waals surface area contributed by atoms with E-state index in [-0.39, 0.29) is 4.33 Å². The highest BCUT2D eigenvalue weighted by Crippen LogP contribution is 2.48. The van der Waals surface area contributed by atoms with Crippen molar-refractivity contribution in [2.45, 2.75) is 18.2 Å². The quantitative estimate of drug-likeness (QED) is 0.704. The Morgan fingerprint density at radius 1 is 1.59 bits per heavy atom. The van der Waals surface area contributed by atoms with E-state index < -0.39 is 0 Å². The molecule has 0 aromatic carbocycles. The van der Waals surface area contributed by atoms with E-state index in [0.29, 0.717) is 11.8 Å². The lowest BCUT2D eigenvalue weighted by atomic mass is 10.5. The summed E-state index contributed by atoms with van der Waals surface area (Å²) < 4.78 is 9.16. The van der Waals surface area contributed by atoms with Gasteiger partial charge < -0.3 is 4.74 Å². The van der Waals surface area contributed by atoms with E-state index in [1.54, 1.807) is 30.6 Å². The molecule has 3 aliphatic rings. The Labute approximate surface area is 107 Å². The number of rotatable bonds is 1. The lowest BCUT2D eigenvalue weighted by Crippen LogP contribution is -2.38. The number of ether oxygens (including phenoxy) is 1. The lowest BCUT2D eigenvalue weighted by Gasteiger charge is -2.02. The number of nitrogens with one attached hydrogen (secondary N) is 1. The van der Waals surface area contributed by atoms with Crippen LogP contribution in [0, 0.1) is 0 Å². The molecule has 6 nitrogen and oxygen atoms in total. The van der Waals surface area contributed by atoms with E-state index in [0.717, 1.165) is 10.9 Å². The summed E-state index contributed by atoms with van der Waals surface area (Å²) in [5.74, 6) is 0. The van der Waals surface area contributed by atoms with Gasteiger partial charge in [-0.3, -0.25) is 4.99 Å². The molecule has 8 heteroatoms. The molecule has 0 saturated carbocycles. The molecule has 0 radical (unpaired) electrons. The summed E-state index contributed by atoms with van der Waals surface area (Å²) in [7, 11) is 1.78. The van der Waals surface area contributed by atoms with Gasteiger partial charge in [0.1, 0.15) is 11.8 Å². The first-order valence-electron chi connectivity index (χ1n) is 5.30. The maximum Gasteiger partial charge on any atom is 0.522 e. The second kappa shape index (κ2) is 3.74. The fraction of sp³-hybridized carbons (Fsp3) is 0.556. The molecule has 1 spiro atoms. The zero-order chi connectivity index (χ0) is 12.0. The maximum atomic E-state index is 5.50. The first-order valence-corrected chi connectivity index (χ1v) is 6.94. The average Bonchev–Trinajstić information content (AvgIpc) is 2.88. The summed E-state index contributed by atoms with van der Waals surface area (Å²) >= 11 is 3.23. The maximum absolute atomic E-state index is 5.50. The van der Waals surface area contributed by atoms with Crippen molar-refractivity contribution in [3.8, 4) is 0 Å². The van der Waals surface area contributed by atoms with E-state index in [4.69, 9.17) is 4.74 Å². The Morgan fingerprint density at radius 3 is 3.12 bits per heavy atom. The van der Waals surface area contributed by atoms with Crippen LogP contribution in [0.2, 0.25) is 0 Å². The van der Waals surface area contributed by atoms with Crippen LogP contribution < -0.4 is 5.43 Å². The third kappa shape index (κ3) is 1.43. The van der Waals surface area contributed by atoms with Gasteiger partial charge in [0.15, 0.2) is 0 Å². The Morgan fingerprint density at radius 2 is 2.41 bits per heavy atom. The molecule has 1 unspecified atom stereocenters. The fourth-order valence-electron chi connectivity index (χ4n) is 1.84. The van der Waals surface area contributed by atoms with Crippen LogP contribution >= 0.6 is 23.5 Å². The predicted octanol–water partition coefficient (Wildman–Crippen LogP) is 0.459. The molecular weight excluding hydrogens is 258 g/mol. The molecule has 3 rings (SSSR count). The number of hydrazone groups is 2. The number of hydrogen-bond donors (Lipinski definition) is 1. The minimum Gasteiger partial charge on any atom is -0.469 e. The van der Waals surface area contributed by atoms with Crippen LogP contribution in [0.1, 0.15) is 13.8 Å². The van der Waals surface area contributed by atoms with Gasteiger partial charge >= 0.3 is 9.56 Å². The largest absolute Gasteiger partial charge is 0.522 e. The van der Waals surface area contributed by atoms with Crippen LogP contribution in [-0.4, -0.2) is 49.7 Å². The smallest absolute Gasteiger partial charge is 0.469 e. The summed E-state index contributed by atoms with van der Waals surface area (Å²) in [5, 5.41) is 6.08. The molecule has 3 heterocycles. The van der Waals surface area contributed by atoms with Crippen LogP contribution in [0.4, 0.5) is 0 Å². The van der Waals surface area contributed by atoms with Gasteiger partial charge in [0.2, 0.25) is 5.17 Å². The molecule has 1 saturated heterocycles. The van der Waals surface area contributed by atoms with Crippen molar-refractivity contribution in [2.75, 3.05) is 13.7 Å². The van der Waals surface area contributed by atoms with E-state index in [2.05, 4.69) is 15.5 Å². The molecule has 1 N–H and O–H groups in total. The van der Waals surface area contributed by atoms with Crippen LogP contribution in [0.15, 0.2) is 10.1 Å². The van der Waals surface area contributed by atoms with Crippen molar-refractivity contribution in [3.63, 3.8) is 0 Å². The number of hydrazine groups is 1. The predicted molar refractivity (Wildman–Crippen MR) is 70.7 cm³/mol. The molecule has 90 valence electrons. The second-order valence-corrected chi connectivity index (χ2v) is 6.19. The van der Waals surface area contributed by atoms with Crippen LogP contribution in [0.25, 0.3) is 0 Å². The zero-order valence-electron chi connectivity index (χ0n) is 9.80. The molecule has 3 aliphatic heterocycles.